The standard InChI is InChI=1S/C22H22O3P2/c1-19(27(23,24)25-2)18-26(20-12-6-3-7-13-20,21-14-8-4-9-15-21)22-16-10-5-11-17-22/h3-17H,1,18H2,2H3. The van der Waals surface area contributed by atoms with Crippen molar-refractivity contribution in [3.05, 3.63) is 103 Å². The summed E-state index contributed by atoms with van der Waals surface area (Å²) in [5.74, 6) is 0. The van der Waals surface area contributed by atoms with Gasteiger partial charge in [-0.05, 0) is 36.4 Å². The molecule has 0 bridgehead atoms. The van der Waals surface area contributed by atoms with Crippen molar-refractivity contribution in [2.75, 3.05) is 13.3 Å². The van der Waals surface area contributed by atoms with Gasteiger partial charge in [-0.25, -0.2) is 0 Å². The van der Waals surface area contributed by atoms with Crippen molar-refractivity contribution in [3.8, 4) is 0 Å². The van der Waals surface area contributed by atoms with Crippen molar-refractivity contribution in [3.63, 3.8) is 0 Å². The molecule has 3 nitrogen and oxygen atoms in total. The summed E-state index contributed by atoms with van der Waals surface area (Å²) >= 11 is 0. The smallest absolute Gasteiger partial charge is 0.163 e. The maximum absolute atomic E-state index is 12.4. The average molecular weight is 396 g/mol. The summed E-state index contributed by atoms with van der Waals surface area (Å²) < 4.78 is 17.2. The van der Waals surface area contributed by atoms with Gasteiger partial charge in [-0.1, -0.05) is 61.2 Å². The van der Waals surface area contributed by atoms with Gasteiger partial charge in [-0.15, -0.1) is 0 Å². The number of rotatable bonds is 7. The van der Waals surface area contributed by atoms with Gasteiger partial charge in [0.2, 0.25) is 0 Å². The molecule has 0 fully saturated rings. The Morgan fingerprint density at radius 3 is 1.48 bits per heavy atom. The first kappa shape index (κ1) is 19.7. The highest BCUT2D eigenvalue weighted by Crippen LogP contribution is 2.61. The lowest BCUT2D eigenvalue weighted by Gasteiger charge is -2.31. The summed E-state index contributed by atoms with van der Waals surface area (Å²) in [6.07, 6.45) is 0.305. The van der Waals surface area contributed by atoms with Gasteiger partial charge < -0.3 is 14.0 Å². The second kappa shape index (κ2) is 8.33. The first-order valence-electron chi connectivity index (χ1n) is 8.61. The Labute approximate surface area is 161 Å². The molecule has 1 atom stereocenters. The van der Waals surface area contributed by atoms with Crippen molar-refractivity contribution in [1.29, 1.82) is 0 Å². The van der Waals surface area contributed by atoms with E-state index < -0.39 is 14.9 Å². The van der Waals surface area contributed by atoms with E-state index in [1.807, 2.05) is 54.6 Å². The summed E-state index contributed by atoms with van der Waals surface area (Å²) in [5, 5.41) is 3.45. The van der Waals surface area contributed by atoms with Crippen molar-refractivity contribution >= 4 is 30.8 Å². The first-order chi connectivity index (χ1) is 13.0. The molecule has 0 N–H and O–H groups in total. The Morgan fingerprint density at radius 2 is 1.19 bits per heavy atom. The number of hydrogen-bond donors (Lipinski definition) is 0. The van der Waals surface area contributed by atoms with Crippen LogP contribution in [0.3, 0.4) is 0 Å². The van der Waals surface area contributed by atoms with E-state index in [2.05, 4.69) is 43.0 Å². The molecule has 27 heavy (non-hydrogen) atoms. The van der Waals surface area contributed by atoms with Crippen molar-refractivity contribution in [2.24, 2.45) is 0 Å². The summed E-state index contributed by atoms with van der Waals surface area (Å²) in [4.78, 5) is 12.4. The van der Waals surface area contributed by atoms with Crippen LogP contribution in [0.25, 0.3) is 0 Å². The minimum absolute atomic E-state index is 0.120. The van der Waals surface area contributed by atoms with E-state index in [1.165, 1.54) is 7.11 Å². The molecule has 3 aromatic carbocycles. The molecular weight excluding hydrogens is 374 g/mol. The second-order valence-corrected chi connectivity index (χ2v) is 11.7. The summed E-state index contributed by atoms with van der Waals surface area (Å²) in [6.45, 7) is 3.89. The molecule has 0 heterocycles. The van der Waals surface area contributed by atoms with Crippen LogP contribution in [0.5, 0.6) is 0 Å². The highest BCUT2D eigenvalue weighted by Gasteiger charge is 2.46. The number of allylic oxidation sites excluding steroid dienone is 1. The lowest BCUT2D eigenvalue weighted by atomic mass is 10.4. The van der Waals surface area contributed by atoms with Crippen LogP contribution in [0.15, 0.2) is 103 Å². The highest BCUT2D eigenvalue weighted by atomic mass is 31.2. The molecule has 0 saturated heterocycles. The summed E-state index contributed by atoms with van der Waals surface area (Å²) in [6, 6.07) is 30.3. The van der Waals surface area contributed by atoms with Crippen LogP contribution in [-0.2, 0) is 9.09 Å². The molecule has 0 saturated carbocycles. The van der Waals surface area contributed by atoms with Crippen LogP contribution in [0, 0.1) is 0 Å². The molecule has 1 unspecified atom stereocenters. The predicted molar refractivity (Wildman–Crippen MR) is 114 cm³/mol. The summed E-state index contributed by atoms with van der Waals surface area (Å²) in [5.41, 5.74) is 0. The van der Waals surface area contributed by atoms with Gasteiger partial charge in [-0.3, -0.25) is 0 Å². The Kier molecular flexibility index (Phi) is 6.09. The maximum Gasteiger partial charge on any atom is 0.163 e. The molecule has 0 aliphatic heterocycles. The van der Waals surface area contributed by atoms with Gasteiger partial charge in [0.05, 0.1) is 0 Å². The molecule has 138 valence electrons. The first-order valence-corrected chi connectivity index (χ1v) is 12.1. The number of benzene rings is 3. The molecule has 0 spiro atoms. The van der Waals surface area contributed by atoms with Crippen LogP contribution in [-0.4, -0.2) is 13.3 Å². The van der Waals surface area contributed by atoms with Gasteiger partial charge in [0.1, 0.15) is 29.3 Å². The topological polar surface area (TPSA) is 49.4 Å². The molecular formula is C22H22O3P2. The Hall–Kier alpha value is -2.02. The molecule has 0 radical (unpaired) electrons. The Bertz CT molecular complexity index is 844. The number of hydrogen-bond acceptors (Lipinski definition) is 3. The van der Waals surface area contributed by atoms with E-state index in [-0.39, 0.29) is 5.31 Å². The molecule has 0 aliphatic rings. The van der Waals surface area contributed by atoms with Crippen molar-refractivity contribution in [1.82, 2.24) is 0 Å². The quantitative estimate of drug-likeness (QED) is 0.573. The van der Waals surface area contributed by atoms with Crippen LogP contribution < -0.4 is 20.8 Å². The van der Waals surface area contributed by atoms with E-state index in [4.69, 9.17) is 4.52 Å². The van der Waals surface area contributed by atoms with E-state index >= 15 is 0 Å². The maximum atomic E-state index is 12.4. The fourth-order valence-corrected chi connectivity index (χ4v) is 8.88. The second-order valence-electron chi connectivity index (χ2n) is 6.22. The van der Waals surface area contributed by atoms with Crippen molar-refractivity contribution in [2.45, 2.75) is 0 Å². The molecule has 0 amide bonds. The molecule has 3 aromatic rings. The van der Waals surface area contributed by atoms with E-state index in [1.54, 1.807) is 0 Å². The van der Waals surface area contributed by atoms with Gasteiger partial charge in [0, 0.05) is 12.4 Å². The Balaban J connectivity index is 2.30. The van der Waals surface area contributed by atoms with Crippen LogP contribution in [0.4, 0.5) is 0 Å². The van der Waals surface area contributed by atoms with E-state index in [9.17, 15) is 9.46 Å². The lowest BCUT2D eigenvalue weighted by Crippen LogP contribution is -2.34. The van der Waals surface area contributed by atoms with Gasteiger partial charge in [-0.2, -0.15) is 0 Å². The highest BCUT2D eigenvalue weighted by molar-refractivity contribution is 7.96. The van der Waals surface area contributed by atoms with Crippen LogP contribution in [0.1, 0.15) is 0 Å². The molecule has 5 heteroatoms. The minimum Gasteiger partial charge on any atom is -0.775 e. The minimum atomic E-state index is -4.14. The van der Waals surface area contributed by atoms with Crippen molar-refractivity contribution < 1.29 is 14.0 Å². The normalized spacial score (nSPS) is 13.7. The zero-order chi connectivity index (χ0) is 19.3. The third kappa shape index (κ3) is 3.98. The van der Waals surface area contributed by atoms with E-state index in [0.717, 1.165) is 15.9 Å². The average Bonchev–Trinajstić information content (AvgIpc) is 2.73. The zero-order valence-electron chi connectivity index (χ0n) is 15.2. The van der Waals surface area contributed by atoms with Gasteiger partial charge in [0.15, 0.2) is 7.60 Å². The van der Waals surface area contributed by atoms with Crippen LogP contribution >= 0.6 is 14.9 Å². The molecule has 0 aliphatic carbocycles. The predicted octanol–water partition coefficient (Wildman–Crippen LogP) is 3.69. The van der Waals surface area contributed by atoms with E-state index in [0.29, 0.717) is 6.16 Å². The third-order valence-electron chi connectivity index (χ3n) is 4.64. The fourth-order valence-electron chi connectivity index (χ4n) is 3.26. The lowest BCUT2D eigenvalue weighted by molar-refractivity contribution is -0.193. The SMILES string of the molecule is C=C(C[P+](c1ccccc1)(c1ccccc1)c1ccccc1)P(=O)([O-])OC. The summed E-state index contributed by atoms with van der Waals surface area (Å²) in [7, 11) is -5.22. The third-order valence-corrected chi connectivity index (χ3v) is 10.7. The monoisotopic (exact) mass is 396 g/mol. The molecule has 0 aromatic heterocycles. The largest absolute Gasteiger partial charge is 0.775 e. The van der Waals surface area contributed by atoms with Crippen LogP contribution in [0.2, 0.25) is 0 Å². The van der Waals surface area contributed by atoms with Gasteiger partial charge in [0.25, 0.3) is 0 Å². The molecule has 3 rings (SSSR count). The van der Waals surface area contributed by atoms with Gasteiger partial charge >= 0.3 is 0 Å². The zero-order valence-corrected chi connectivity index (χ0v) is 17.0. The Morgan fingerprint density at radius 1 is 0.852 bits per heavy atom. The fraction of sp³-hybridized carbons (Fsp3) is 0.0909.